The van der Waals surface area contributed by atoms with E-state index in [-0.39, 0.29) is 44.0 Å². The summed E-state index contributed by atoms with van der Waals surface area (Å²) in [5.74, 6) is -2.16. The van der Waals surface area contributed by atoms with E-state index in [2.05, 4.69) is 20.3 Å². The second-order valence-electron chi connectivity index (χ2n) is 15.5. The van der Waals surface area contributed by atoms with Gasteiger partial charge in [-0.25, -0.2) is 22.6 Å². The fraction of sp³-hybridized carbons (Fsp3) is 0.595. The highest BCUT2D eigenvalue weighted by Gasteiger charge is 2.64. The molecule has 3 aliphatic heterocycles. The van der Waals surface area contributed by atoms with E-state index in [0.29, 0.717) is 31.3 Å². The molecule has 0 unspecified atom stereocenters. The molecule has 7 rings (SSSR count). The summed E-state index contributed by atoms with van der Waals surface area (Å²) in [6.45, 7) is 3.16. The molecule has 286 valence electrons. The lowest BCUT2D eigenvalue weighted by Crippen LogP contribution is -2.59. The van der Waals surface area contributed by atoms with Crippen molar-refractivity contribution >= 4 is 44.6 Å². The van der Waals surface area contributed by atoms with E-state index in [0.717, 1.165) is 29.5 Å². The first-order chi connectivity index (χ1) is 25.3. The van der Waals surface area contributed by atoms with Gasteiger partial charge in [-0.05, 0) is 80.9 Å². The van der Waals surface area contributed by atoms with Gasteiger partial charge in [-0.1, -0.05) is 32.1 Å². The van der Waals surface area contributed by atoms with E-state index in [1.54, 1.807) is 19.2 Å². The van der Waals surface area contributed by atoms with Crippen molar-refractivity contribution in [2.45, 2.75) is 100 Å². The maximum atomic E-state index is 14.4. The summed E-state index contributed by atoms with van der Waals surface area (Å²) in [7, 11) is -4.38. The minimum absolute atomic E-state index is 0.0247. The molecule has 0 bridgehead atoms. The molecule has 4 amide bonds. The summed E-state index contributed by atoms with van der Waals surface area (Å²) in [4.78, 5) is 60.3. The first-order valence-electron chi connectivity index (χ1n) is 18.4. The van der Waals surface area contributed by atoms with Gasteiger partial charge in [-0.15, -0.1) is 0 Å². The fourth-order valence-electron chi connectivity index (χ4n) is 8.19. The number of amides is 4. The lowest BCUT2D eigenvalue weighted by atomic mass is 9.88. The largest absolute Gasteiger partial charge is 0.493 e. The number of carbonyl (C=O) groups excluding carboxylic acids is 3. The van der Waals surface area contributed by atoms with Crippen LogP contribution in [0.4, 0.5) is 9.18 Å². The molecule has 0 radical (unpaired) electrons. The third-order valence-electron chi connectivity index (χ3n) is 11.6. The van der Waals surface area contributed by atoms with Crippen LogP contribution in [-0.2, 0) is 30.8 Å². The van der Waals surface area contributed by atoms with Crippen LogP contribution in [0, 0.1) is 17.8 Å². The van der Waals surface area contributed by atoms with Gasteiger partial charge in [0.15, 0.2) is 0 Å². The molecule has 1 aromatic carbocycles. The average molecular weight is 756 g/mol. The Kier molecular flexibility index (Phi) is 9.79. The Morgan fingerprint density at radius 1 is 1.17 bits per heavy atom. The number of allylic oxidation sites excluding steroid dienone is 1. The third-order valence-corrected chi connectivity index (χ3v) is 13.7. The van der Waals surface area contributed by atoms with Gasteiger partial charge >= 0.3 is 6.09 Å². The molecule has 14 nitrogen and oxygen atoms in total. The molecule has 7 atom stereocenters. The Labute approximate surface area is 307 Å². The van der Waals surface area contributed by atoms with Crippen LogP contribution < -0.4 is 24.8 Å². The molecule has 2 aromatic rings. The van der Waals surface area contributed by atoms with Crippen molar-refractivity contribution in [2.24, 2.45) is 17.8 Å². The van der Waals surface area contributed by atoms with E-state index in [9.17, 15) is 37.1 Å². The molecule has 4 heterocycles. The Balaban J connectivity index is 1.21. The number of halogens is 1. The molecule has 1 aromatic heterocycles. The Hall–Kier alpha value is -4.47. The molecule has 16 heteroatoms. The van der Waals surface area contributed by atoms with Crippen LogP contribution in [-0.4, -0.2) is 95.5 Å². The van der Waals surface area contributed by atoms with E-state index in [1.165, 1.54) is 4.90 Å². The van der Waals surface area contributed by atoms with Gasteiger partial charge in [0.1, 0.15) is 40.9 Å². The number of ether oxygens (including phenoxy) is 2. The zero-order chi connectivity index (χ0) is 37.7. The SMILES string of the molecule is C[C@H]1CCC=C[C@@H]2C[C@@]2(C(=O)NS(=O)(=O)C2(CF)CC2)NC(=O)[C@@H]2C[C@@H](Oc3nccc4c5c(ccc34)CCCO5)CN2C(=O)[C@@H](NC(=O)O)[C@H](C)C1. The highest BCUT2D eigenvalue weighted by molar-refractivity contribution is 7.91. The summed E-state index contributed by atoms with van der Waals surface area (Å²) >= 11 is 0. The second-order valence-corrected chi connectivity index (χ2v) is 17.5. The van der Waals surface area contributed by atoms with E-state index < -0.39 is 80.8 Å². The molecule has 2 saturated carbocycles. The highest BCUT2D eigenvalue weighted by Crippen LogP contribution is 2.48. The molecule has 5 aliphatic rings. The van der Waals surface area contributed by atoms with Crippen LogP contribution >= 0.6 is 0 Å². The van der Waals surface area contributed by atoms with Crippen molar-refractivity contribution in [3.8, 4) is 11.6 Å². The number of nitrogens with zero attached hydrogens (tertiary/aromatic N) is 2. The number of carboxylic acid groups (broad SMARTS) is 1. The van der Waals surface area contributed by atoms with Crippen molar-refractivity contribution in [1.29, 1.82) is 0 Å². The van der Waals surface area contributed by atoms with Crippen LogP contribution in [0.15, 0.2) is 36.5 Å². The summed E-state index contributed by atoms with van der Waals surface area (Å²) < 4.78 is 52.8. The topological polar surface area (TPSA) is 193 Å². The zero-order valence-electron chi connectivity index (χ0n) is 29.8. The first kappa shape index (κ1) is 36.9. The van der Waals surface area contributed by atoms with E-state index in [1.807, 2.05) is 31.2 Å². The molecule has 53 heavy (non-hydrogen) atoms. The van der Waals surface area contributed by atoms with Crippen LogP contribution in [0.2, 0.25) is 0 Å². The van der Waals surface area contributed by atoms with Crippen LogP contribution in [0.5, 0.6) is 11.6 Å². The lowest BCUT2D eigenvalue weighted by molar-refractivity contribution is -0.142. The molecule has 0 spiro atoms. The minimum Gasteiger partial charge on any atom is -0.493 e. The van der Waals surface area contributed by atoms with Gasteiger partial charge < -0.3 is 30.1 Å². The standard InChI is InChI=1S/C37H46FN5O9S/c1-21-6-3-4-8-24-18-37(24,34(46)42-53(49,50)36(20-38)12-13-36)41-31(44)28-17-25(19-43(28)33(45)29(22(2)16-21)40-35(47)48)52-32-27-10-9-23-7-5-15-51-30(23)26(27)11-14-39-32/h4,8-11,14,21-22,24-25,28-29,40H,3,5-7,12-13,15-20H2,1-2H3,(H,41,44)(H,42,46)(H,47,48)/t21-,22+,24+,25+,28-,29-,37+/m0/s1. The minimum atomic E-state index is -4.38. The molecular weight excluding hydrogens is 709 g/mol. The van der Waals surface area contributed by atoms with Gasteiger partial charge in [0.25, 0.3) is 5.91 Å². The van der Waals surface area contributed by atoms with Gasteiger partial charge in [-0.2, -0.15) is 0 Å². The maximum Gasteiger partial charge on any atom is 0.405 e. The number of aromatic nitrogens is 1. The number of sulfonamides is 1. The number of hydrogen-bond donors (Lipinski definition) is 4. The van der Waals surface area contributed by atoms with Gasteiger partial charge in [-0.3, -0.25) is 19.1 Å². The van der Waals surface area contributed by atoms with Crippen molar-refractivity contribution in [1.82, 2.24) is 25.2 Å². The van der Waals surface area contributed by atoms with Crippen molar-refractivity contribution < 1.29 is 46.6 Å². The molecule has 1 saturated heterocycles. The number of rotatable bonds is 7. The highest BCUT2D eigenvalue weighted by atomic mass is 32.2. The second kappa shape index (κ2) is 14.1. The number of pyridine rings is 1. The number of fused-ring (bicyclic) bond motifs is 5. The number of alkyl halides is 1. The number of nitrogens with one attached hydrogen (secondary N) is 3. The first-order valence-corrected chi connectivity index (χ1v) is 19.9. The summed E-state index contributed by atoms with van der Waals surface area (Å²) in [6, 6.07) is 3.32. The van der Waals surface area contributed by atoms with Crippen LogP contribution in [0.25, 0.3) is 10.8 Å². The predicted molar refractivity (Wildman–Crippen MR) is 190 cm³/mol. The van der Waals surface area contributed by atoms with Crippen LogP contribution in [0.3, 0.4) is 0 Å². The van der Waals surface area contributed by atoms with Crippen LogP contribution in [0.1, 0.15) is 70.8 Å². The van der Waals surface area contributed by atoms with E-state index in [4.69, 9.17) is 9.47 Å². The predicted octanol–water partition coefficient (Wildman–Crippen LogP) is 3.38. The number of carbonyl (C=O) groups is 4. The molecule has 3 fully saturated rings. The number of aryl methyl sites for hydroxylation is 1. The summed E-state index contributed by atoms with van der Waals surface area (Å²) in [6.07, 6.45) is 6.98. The maximum absolute atomic E-state index is 14.4. The number of hydrogen-bond acceptors (Lipinski definition) is 9. The smallest absolute Gasteiger partial charge is 0.405 e. The zero-order valence-corrected chi connectivity index (χ0v) is 30.6. The normalized spacial score (nSPS) is 31.0. The fourth-order valence-corrected chi connectivity index (χ4v) is 9.61. The molecule has 2 aliphatic carbocycles. The van der Waals surface area contributed by atoms with Gasteiger partial charge in [0.05, 0.1) is 13.2 Å². The monoisotopic (exact) mass is 755 g/mol. The van der Waals surface area contributed by atoms with Crippen molar-refractivity contribution in [3.05, 3.63) is 42.1 Å². The summed E-state index contributed by atoms with van der Waals surface area (Å²) in [5.41, 5.74) is -0.583. The van der Waals surface area contributed by atoms with Crippen molar-refractivity contribution in [2.75, 3.05) is 19.8 Å². The Morgan fingerprint density at radius 3 is 2.70 bits per heavy atom. The van der Waals surface area contributed by atoms with Gasteiger partial charge in [0, 0.05) is 29.3 Å². The Bertz CT molecular complexity index is 1960. The molecular formula is C37H46FN5O9S. The van der Waals surface area contributed by atoms with E-state index >= 15 is 0 Å². The third kappa shape index (κ3) is 7.01. The molecule has 4 N–H and O–H groups in total. The quantitative estimate of drug-likeness (QED) is 0.305. The van der Waals surface area contributed by atoms with Crippen molar-refractivity contribution in [3.63, 3.8) is 0 Å². The number of benzene rings is 1. The summed E-state index contributed by atoms with van der Waals surface area (Å²) in [5, 5.41) is 16.5. The van der Waals surface area contributed by atoms with Gasteiger partial charge in [0.2, 0.25) is 27.7 Å². The lowest BCUT2D eigenvalue weighted by Gasteiger charge is -2.32. The Morgan fingerprint density at radius 2 is 1.96 bits per heavy atom. The average Bonchev–Trinajstić information content (AvgIpc) is 4.03.